The Morgan fingerprint density at radius 2 is 1.83 bits per heavy atom. The van der Waals surface area contributed by atoms with Crippen LogP contribution < -0.4 is 10.6 Å². The van der Waals surface area contributed by atoms with Crippen LogP contribution in [0.2, 0.25) is 0 Å². The Morgan fingerprint density at radius 1 is 1.09 bits per heavy atom. The topological polar surface area (TPSA) is 86.9 Å². The Hall–Kier alpha value is -3.22. The molecule has 3 N–H and O–H groups in total. The quantitative estimate of drug-likeness (QED) is 0.689. The maximum atomic E-state index is 13.5. The first kappa shape index (κ1) is 14.7. The van der Waals surface area contributed by atoms with Gasteiger partial charge in [0.15, 0.2) is 0 Å². The molecule has 0 fully saturated rings. The third-order valence-electron chi connectivity index (χ3n) is 3.18. The fourth-order valence-corrected chi connectivity index (χ4v) is 2.09. The van der Waals surface area contributed by atoms with Crippen LogP contribution in [0.25, 0.3) is 11.0 Å². The number of hydrogen-bond donors (Lipinski definition) is 3. The molecule has 116 valence electrons. The van der Waals surface area contributed by atoms with Gasteiger partial charge in [-0.15, -0.1) is 0 Å². The van der Waals surface area contributed by atoms with Crippen LogP contribution >= 0.6 is 0 Å². The number of nitrogens with one attached hydrogen (secondary N) is 3. The van der Waals surface area contributed by atoms with Gasteiger partial charge in [0, 0.05) is 0 Å². The number of hydrogen-bond acceptors (Lipinski definition) is 3. The van der Waals surface area contributed by atoms with E-state index in [1.165, 1.54) is 18.2 Å². The predicted molar refractivity (Wildman–Crippen MR) is 83.5 cm³/mol. The summed E-state index contributed by atoms with van der Waals surface area (Å²) in [6, 6.07) is 12.9. The SMILES string of the molecule is O=C(CNC(=O)c1ccccc1F)Nc1nc2ccccc2[nH]1. The molecular weight excluding hydrogens is 299 g/mol. The van der Waals surface area contributed by atoms with Crippen LogP contribution in [-0.2, 0) is 4.79 Å². The molecule has 0 aliphatic heterocycles. The van der Waals surface area contributed by atoms with E-state index in [1.54, 1.807) is 12.1 Å². The second kappa shape index (κ2) is 6.27. The summed E-state index contributed by atoms with van der Waals surface area (Å²) in [5.41, 5.74) is 1.40. The Balaban J connectivity index is 1.59. The standard InChI is InChI=1S/C16H13FN4O2/c17-11-6-2-1-5-10(11)15(23)18-9-14(22)21-16-19-12-7-3-4-8-13(12)20-16/h1-8H,9H2,(H,18,23)(H2,19,20,21,22). The van der Waals surface area contributed by atoms with Gasteiger partial charge in [-0.3, -0.25) is 14.9 Å². The predicted octanol–water partition coefficient (Wildman–Crippen LogP) is 2.07. The third-order valence-corrected chi connectivity index (χ3v) is 3.18. The average Bonchev–Trinajstić information content (AvgIpc) is 2.95. The van der Waals surface area contributed by atoms with Gasteiger partial charge in [0.1, 0.15) is 5.82 Å². The highest BCUT2D eigenvalue weighted by Crippen LogP contribution is 2.13. The Morgan fingerprint density at radius 3 is 2.61 bits per heavy atom. The average molecular weight is 312 g/mol. The molecule has 7 heteroatoms. The Labute approximate surface area is 130 Å². The summed E-state index contributed by atoms with van der Waals surface area (Å²) < 4.78 is 13.5. The zero-order chi connectivity index (χ0) is 16.2. The number of carbonyl (C=O) groups excluding carboxylic acids is 2. The molecule has 0 atom stereocenters. The normalized spacial score (nSPS) is 10.5. The molecule has 2 amide bonds. The molecule has 0 aliphatic rings. The van der Waals surface area contributed by atoms with Crippen LogP contribution in [0.4, 0.5) is 10.3 Å². The number of halogens is 1. The number of carbonyl (C=O) groups is 2. The lowest BCUT2D eigenvalue weighted by atomic mass is 10.2. The summed E-state index contributed by atoms with van der Waals surface area (Å²) in [5.74, 6) is -1.46. The van der Waals surface area contributed by atoms with Gasteiger partial charge in [-0.25, -0.2) is 9.37 Å². The lowest BCUT2D eigenvalue weighted by Crippen LogP contribution is -2.33. The first-order valence-corrected chi connectivity index (χ1v) is 6.91. The van der Waals surface area contributed by atoms with E-state index >= 15 is 0 Å². The number of para-hydroxylation sites is 2. The molecule has 0 spiro atoms. The number of aromatic nitrogens is 2. The summed E-state index contributed by atoms with van der Waals surface area (Å²) in [6.07, 6.45) is 0. The minimum Gasteiger partial charge on any atom is -0.343 e. The Kier molecular flexibility index (Phi) is 4.01. The summed E-state index contributed by atoms with van der Waals surface area (Å²) in [7, 11) is 0. The minimum atomic E-state index is -0.650. The number of imidazole rings is 1. The van der Waals surface area contributed by atoms with Crippen LogP contribution in [0, 0.1) is 5.82 Å². The Bertz CT molecular complexity index is 842. The monoisotopic (exact) mass is 312 g/mol. The van der Waals surface area contributed by atoms with Gasteiger partial charge < -0.3 is 10.3 Å². The number of benzene rings is 2. The van der Waals surface area contributed by atoms with Crippen molar-refractivity contribution in [3.8, 4) is 0 Å². The van der Waals surface area contributed by atoms with Crippen molar-refractivity contribution in [3.63, 3.8) is 0 Å². The van der Waals surface area contributed by atoms with Crippen LogP contribution in [-0.4, -0.2) is 28.3 Å². The van der Waals surface area contributed by atoms with Crippen LogP contribution in [0.5, 0.6) is 0 Å². The first-order valence-electron chi connectivity index (χ1n) is 6.91. The smallest absolute Gasteiger partial charge is 0.254 e. The number of anilines is 1. The van der Waals surface area contributed by atoms with Gasteiger partial charge in [0.25, 0.3) is 5.91 Å². The second-order valence-corrected chi connectivity index (χ2v) is 4.81. The van der Waals surface area contributed by atoms with E-state index in [0.717, 1.165) is 11.0 Å². The van der Waals surface area contributed by atoms with Crippen LogP contribution in [0.1, 0.15) is 10.4 Å². The van der Waals surface area contributed by atoms with Gasteiger partial charge in [0.2, 0.25) is 11.9 Å². The minimum absolute atomic E-state index is 0.107. The second-order valence-electron chi connectivity index (χ2n) is 4.81. The lowest BCUT2D eigenvalue weighted by molar-refractivity contribution is -0.115. The van der Waals surface area contributed by atoms with Crippen molar-refractivity contribution in [2.75, 3.05) is 11.9 Å². The number of H-pyrrole nitrogens is 1. The van der Waals surface area contributed by atoms with E-state index in [4.69, 9.17) is 0 Å². The molecule has 0 saturated heterocycles. The van der Waals surface area contributed by atoms with Crippen molar-refractivity contribution in [2.24, 2.45) is 0 Å². The zero-order valence-electron chi connectivity index (χ0n) is 12.0. The molecule has 6 nitrogen and oxygen atoms in total. The van der Waals surface area contributed by atoms with Crippen molar-refractivity contribution in [1.82, 2.24) is 15.3 Å². The molecule has 0 unspecified atom stereocenters. The van der Waals surface area contributed by atoms with E-state index in [0.29, 0.717) is 0 Å². The lowest BCUT2D eigenvalue weighted by Gasteiger charge is -2.05. The summed E-state index contributed by atoms with van der Waals surface area (Å²) >= 11 is 0. The molecule has 0 radical (unpaired) electrons. The maximum absolute atomic E-state index is 13.5. The van der Waals surface area contributed by atoms with Gasteiger partial charge in [-0.05, 0) is 24.3 Å². The largest absolute Gasteiger partial charge is 0.343 e. The molecule has 1 heterocycles. The molecule has 0 aliphatic carbocycles. The summed E-state index contributed by atoms with van der Waals surface area (Å²) in [5, 5.41) is 4.90. The maximum Gasteiger partial charge on any atom is 0.254 e. The van der Waals surface area contributed by atoms with E-state index in [1.807, 2.05) is 18.2 Å². The van der Waals surface area contributed by atoms with Crippen LogP contribution in [0.15, 0.2) is 48.5 Å². The van der Waals surface area contributed by atoms with Crippen molar-refractivity contribution >= 4 is 28.8 Å². The number of fused-ring (bicyclic) bond motifs is 1. The van der Waals surface area contributed by atoms with E-state index < -0.39 is 17.6 Å². The van der Waals surface area contributed by atoms with Crippen molar-refractivity contribution in [2.45, 2.75) is 0 Å². The van der Waals surface area contributed by atoms with Gasteiger partial charge >= 0.3 is 0 Å². The molecule has 1 aromatic heterocycles. The molecule has 3 rings (SSSR count). The first-order chi connectivity index (χ1) is 11.1. The van der Waals surface area contributed by atoms with E-state index in [9.17, 15) is 14.0 Å². The van der Waals surface area contributed by atoms with Crippen molar-refractivity contribution < 1.29 is 14.0 Å². The molecule has 0 saturated carbocycles. The van der Waals surface area contributed by atoms with Gasteiger partial charge in [-0.2, -0.15) is 0 Å². The highest BCUT2D eigenvalue weighted by molar-refractivity contribution is 5.99. The van der Waals surface area contributed by atoms with E-state index in [-0.39, 0.29) is 18.1 Å². The van der Waals surface area contributed by atoms with Gasteiger partial charge in [-0.1, -0.05) is 24.3 Å². The van der Waals surface area contributed by atoms with Crippen molar-refractivity contribution in [3.05, 3.63) is 59.9 Å². The fourth-order valence-electron chi connectivity index (χ4n) is 2.09. The highest BCUT2D eigenvalue weighted by Gasteiger charge is 2.12. The number of nitrogens with zero attached hydrogens (tertiary/aromatic N) is 1. The number of aromatic amines is 1. The van der Waals surface area contributed by atoms with E-state index in [2.05, 4.69) is 20.6 Å². The third kappa shape index (κ3) is 3.34. The molecule has 2 aromatic carbocycles. The summed E-state index contributed by atoms with van der Waals surface area (Å²) in [6.45, 7) is -0.287. The molecular formula is C16H13FN4O2. The van der Waals surface area contributed by atoms with Crippen molar-refractivity contribution in [1.29, 1.82) is 0 Å². The number of amides is 2. The molecule has 0 bridgehead atoms. The fraction of sp³-hybridized carbons (Fsp3) is 0.0625. The zero-order valence-corrected chi connectivity index (χ0v) is 12.0. The molecule has 3 aromatic rings. The van der Waals surface area contributed by atoms with Gasteiger partial charge in [0.05, 0.1) is 23.1 Å². The van der Waals surface area contributed by atoms with Crippen LogP contribution in [0.3, 0.4) is 0 Å². The highest BCUT2D eigenvalue weighted by atomic mass is 19.1. The number of rotatable bonds is 4. The summed E-state index contributed by atoms with van der Waals surface area (Å²) in [4.78, 5) is 30.8. The molecule has 23 heavy (non-hydrogen) atoms.